The molecule has 0 radical (unpaired) electrons. The minimum atomic E-state index is 0.501. The van der Waals surface area contributed by atoms with E-state index in [1.165, 1.54) is 87.5 Å². The molecule has 6 heteroatoms. The summed E-state index contributed by atoms with van der Waals surface area (Å²) in [7, 11) is 8.84. The van der Waals surface area contributed by atoms with Gasteiger partial charge in [-0.25, -0.2) is 0 Å². The van der Waals surface area contributed by atoms with Crippen LogP contribution in [0.25, 0.3) is 0 Å². The fourth-order valence-corrected chi connectivity index (χ4v) is 10.6. The lowest BCUT2D eigenvalue weighted by Gasteiger charge is -2.42. The van der Waals surface area contributed by atoms with Gasteiger partial charge in [0.25, 0.3) is 0 Å². The van der Waals surface area contributed by atoms with Gasteiger partial charge in [0.05, 0.1) is 8.16 Å². The maximum Gasteiger partial charge on any atom is 0.0612 e. The van der Waals surface area contributed by atoms with E-state index in [9.17, 15) is 0 Å². The average molecular weight is 437 g/mol. The Bertz CT molecular complexity index is 342. The van der Waals surface area contributed by atoms with E-state index in [1.807, 2.05) is 0 Å². The molecule has 0 unspecified atom stereocenters. The van der Waals surface area contributed by atoms with E-state index in [0.29, 0.717) is 8.16 Å². The first-order valence-corrected chi connectivity index (χ1v) is 14.2. The van der Waals surface area contributed by atoms with Gasteiger partial charge in [-0.3, -0.25) is 0 Å². The van der Waals surface area contributed by atoms with E-state index in [0.717, 1.165) is 0 Å². The van der Waals surface area contributed by atoms with E-state index in [4.69, 9.17) is 0 Å². The summed E-state index contributed by atoms with van der Waals surface area (Å²) in [6.45, 7) is 2.47. The zero-order chi connectivity index (χ0) is 18.9. The lowest BCUT2D eigenvalue weighted by Crippen LogP contribution is -2.33. The van der Waals surface area contributed by atoms with Crippen LogP contribution in [0.15, 0.2) is 0 Å². The van der Waals surface area contributed by atoms with Crippen LogP contribution in [0.1, 0.15) is 51.4 Å². The Labute approximate surface area is 180 Å². The third-order valence-corrected chi connectivity index (χ3v) is 12.4. The van der Waals surface area contributed by atoms with Crippen LogP contribution in [-0.2, 0) is 0 Å². The second-order valence-corrected chi connectivity index (χ2v) is 14.7. The van der Waals surface area contributed by atoms with Crippen molar-refractivity contribution < 1.29 is 0 Å². The molecular weight excluding hydrogens is 397 g/mol. The second-order valence-electron chi connectivity index (χ2n) is 8.24. The maximum absolute atomic E-state index is 2.35. The molecule has 0 amide bonds. The van der Waals surface area contributed by atoms with Crippen LogP contribution in [-0.4, -0.2) is 82.2 Å². The SMILES string of the molecule is CN(C)CCCC1(CCC2(CCCN(C)C)SCCCS2)SCCCS1. The fourth-order valence-electron chi connectivity index (χ4n) is 3.77. The lowest BCUT2D eigenvalue weighted by molar-refractivity contribution is 0.380. The van der Waals surface area contributed by atoms with Crippen molar-refractivity contribution in [2.24, 2.45) is 0 Å². The number of hydrogen-bond acceptors (Lipinski definition) is 6. The van der Waals surface area contributed by atoms with E-state index in [1.54, 1.807) is 0 Å². The molecule has 0 spiro atoms. The van der Waals surface area contributed by atoms with Gasteiger partial charge in [0.2, 0.25) is 0 Å². The Morgan fingerprint density at radius 3 is 1.23 bits per heavy atom. The van der Waals surface area contributed by atoms with Gasteiger partial charge < -0.3 is 9.80 Å². The van der Waals surface area contributed by atoms with Crippen molar-refractivity contribution in [1.82, 2.24) is 9.80 Å². The first-order valence-electron chi connectivity index (χ1n) is 10.3. The Hall–Kier alpha value is 1.32. The number of nitrogens with zero attached hydrogens (tertiary/aromatic N) is 2. The van der Waals surface area contributed by atoms with Crippen LogP contribution in [0.2, 0.25) is 0 Å². The van der Waals surface area contributed by atoms with Gasteiger partial charge >= 0.3 is 0 Å². The first kappa shape index (κ1) is 23.6. The topological polar surface area (TPSA) is 6.48 Å². The molecule has 2 heterocycles. The van der Waals surface area contributed by atoms with Crippen LogP contribution in [0.5, 0.6) is 0 Å². The monoisotopic (exact) mass is 436 g/mol. The third kappa shape index (κ3) is 8.36. The summed E-state index contributed by atoms with van der Waals surface area (Å²) >= 11 is 9.18. The van der Waals surface area contributed by atoms with Gasteiger partial charge in [-0.1, -0.05) is 0 Å². The highest BCUT2D eigenvalue weighted by molar-refractivity contribution is 8.19. The maximum atomic E-state index is 2.35. The molecule has 0 bridgehead atoms. The smallest absolute Gasteiger partial charge is 0.0612 e. The Morgan fingerprint density at radius 1 is 0.577 bits per heavy atom. The molecule has 2 fully saturated rings. The quantitative estimate of drug-likeness (QED) is 0.414. The number of rotatable bonds is 11. The van der Waals surface area contributed by atoms with Crippen molar-refractivity contribution in [3.8, 4) is 0 Å². The van der Waals surface area contributed by atoms with Crippen LogP contribution in [0, 0.1) is 0 Å². The molecule has 2 aliphatic heterocycles. The van der Waals surface area contributed by atoms with Gasteiger partial charge in [-0.2, -0.15) is 0 Å². The van der Waals surface area contributed by atoms with Crippen molar-refractivity contribution in [2.45, 2.75) is 59.5 Å². The van der Waals surface area contributed by atoms with Crippen molar-refractivity contribution in [3.63, 3.8) is 0 Å². The summed E-state index contributed by atoms with van der Waals surface area (Å²) in [5.41, 5.74) is 0. The van der Waals surface area contributed by atoms with Crippen molar-refractivity contribution >= 4 is 47.0 Å². The van der Waals surface area contributed by atoms with Gasteiger partial charge in [0.1, 0.15) is 0 Å². The standard InChI is InChI=1S/C20H40N2S4/c1-21(2)13-5-9-19(23-15-7-16-24-19)11-12-20(10-6-14-22(3)4)25-17-8-18-26-20/h5-18H2,1-4H3. The fraction of sp³-hybridized carbons (Fsp3) is 1.00. The van der Waals surface area contributed by atoms with E-state index in [2.05, 4.69) is 85.0 Å². The Kier molecular flexibility index (Phi) is 11.0. The minimum absolute atomic E-state index is 0.501. The molecule has 2 rings (SSSR count). The molecule has 0 N–H and O–H groups in total. The van der Waals surface area contributed by atoms with Crippen molar-refractivity contribution in [3.05, 3.63) is 0 Å². The summed E-state index contributed by atoms with van der Waals surface area (Å²) in [4.78, 5) is 4.70. The highest BCUT2D eigenvalue weighted by Gasteiger charge is 2.39. The Morgan fingerprint density at radius 2 is 0.923 bits per heavy atom. The predicted molar refractivity (Wildman–Crippen MR) is 129 cm³/mol. The van der Waals surface area contributed by atoms with E-state index < -0.39 is 0 Å². The molecule has 2 nitrogen and oxygen atoms in total. The molecule has 154 valence electrons. The minimum Gasteiger partial charge on any atom is -0.309 e. The van der Waals surface area contributed by atoms with Gasteiger partial charge in [0, 0.05) is 0 Å². The summed E-state index contributed by atoms with van der Waals surface area (Å²) < 4.78 is 1.00. The normalized spacial score (nSPS) is 22.8. The number of thioether (sulfide) groups is 4. The van der Waals surface area contributed by atoms with Crippen LogP contribution in [0.4, 0.5) is 0 Å². The molecule has 0 aromatic carbocycles. The van der Waals surface area contributed by atoms with Gasteiger partial charge in [-0.05, 0) is 116 Å². The lowest BCUT2D eigenvalue weighted by atomic mass is 10.1. The zero-order valence-electron chi connectivity index (χ0n) is 17.4. The van der Waals surface area contributed by atoms with Crippen LogP contribution >= 0.6 is 47.0 Å². The third-order valence-electron chi connectivity index (χ3n) is 5.25. The molecule has 0 saturated carbocycles. The molecule has 2 saturated heterocycles. The summed E-state index contributed by atoms with van der Waals surface area (Å²) in [5.74, 6) is 5.51. The molecule has 0 aromatic rings. The van der Waals surface area contributed by atoms with Crippen molar-refractivity contribution in [1.29, 1.82) is 0 Å². The molecule has 0 aromatic heterocycles. The van der Waals surface area contributed by atoms with E-state index >= 15 is 0 Å². The predicted octanol–water partition coefficient (Wildman–Crippen LogP) is 5.58. The summed E-state index contributed by atoms with van der Waals surface area (Å²) in [6, 6.07) is 0. The highest BCUT2D eigenvalue weighted by Crippen LogP contribution is 2.54. The van der Waals surface area contributed by atoms with Gasteiger partial charge in [-0.15, -0.1) is 47.0 Å². The summed E-state index contributed by atoms with van der Waals surface area (Å²) in [6.07, 6.45) is 11.1. The van der Waals surface area contributed by atoms with Crippen molar-refractivity contribution in [2.75, 3.05) is 64.3 Å². The second kappa shape index (κ2) is 12.1. The molecule has 2 aliphatic rings. The first-order chi connectivity index (χ1) is 12.5. The summed E-state index contributed by atoms with van der Waals surface area (Å²) in [5, 5.41) is 0. The van der Waals surface area contributed by atoms with E-state index in [-0.39, 0.29) is 0 Å². The molecular formula is C20H40N2S4. The molecule has 0 atom stereocenters. The molecule has 26 heavy (non-hydrogen) atoms. The average Bonchev–Trinajstić information content (AvgIpc) is 2.61. The number of hydrogen-bond donors (Lipinski definition) is 0. The van der Waals surface area contributed by atoms with Crippen LogP contribution in [0.3, 0.4) is 0 Å². The van der Waals surface area contributed by atoms with Gasteiger partial charge in [0.15, 0.2) is 0 Å². The highest BCUT2D eigenvalue weighted by atomic mass is 32.2. The molecule has 0 aliphatic carbocycles. The largest absolute Gasteiger partial charge is 0.309 e. The van der Waals surface area contributed by atoms with Crippen LogP contribution < -0.4 is 0 Å². The Balaban J connectivity index is 1.93. The zero-order valence-corrected chi connectivity index (χ0v) is 20.7.